The summed E-state index contributed by atoms with van der Waals surface area (Å²) in [4.78, 5) is 12.5. The molecule has 20 heavy (non-hydrogen) atoms. The maximum atomic E-state index is 12.5. The molecule has 2 rings (SSSR count). The Morgan fingerprint density at radius 1 is 1.30 bits per heavy atom. The van der Waals surface area contributed by atoms with Crippen molar-refractivity contribution in [2.24, 2.45) is 23.0 Å². The molecule has 3 nitrogen and oxygen atoms in total. The van der Waals surface area contributed by atoms with Gasteiger partial charge in [0.1, 0.15) is 0 Å². The van der Waals surface area contributed by atoms with Gasteiger partial charge in [-0.3, -0.25) is 4.79 Å². The van der Waals surface area contributed by atoms with E-state index in [1.807, 2.05) is 12.1 Å². The number of halogens is 1. The van der Waals surface area contributed by atoms with Crippen molar-refractivity contribution in [2.45, 2.75) is 39.7 Å². The summed E-state index contributed by atoms with van der Waals surface area (Å²) < 4.78 is 0. The van der Waals surface area contributed by atoms with Gasteiger partial charge >= 0.3 is 0 Å². The van der Waals surface area contributed by atoms with Crippen molar-refractivity contribution < 1.29 is 4.79 Å². The Morgan fingerprint density at radius 2 is 1.90 bits per heavy atom. The molecule has 0 aliphatic heterocycles. The minimum Gasteiger partial charge on any atom is -0.327 e. The van der Waals surface area contributed by atoms with Gasteiger partial charge in [0.05, 0.1) is 0 Å². The number of carbonyl (C=O) groups excluding carboxylic acids is 1. The van der Waals surface area contributed by atoms with Crippen LogP contribution in [0.5, 0.6) is 0 Å². The molecule has 3 N–H and O–H groups in total. The lowest BCUT2D eigenvalue weighted by molar-refractivity contribution is -0.127. The van der Waals surface area contributed by atoms with E-state index in [0.29, 0.717) is 10.9 Å². The van der Waals surface area contributed by atoms with Gasteiger partial charge < -0.3 is 11.1 Å². The molecule has 110 valence electrons. The van der Waals surface area contributed by atoms with Crippen LogP contribution >= 0.6 is 11.6 Å². The fraction of sp³-hybridized carbons (Fsp3) is 0.562. The van der Waals surface area contributed by atoms with Crippen LogP contribution in [0.2, 0.25) is 5.02 Å². The first kappa shape index (κ1) is 15.3. The lowest BCUT2D eigenvalue weighted by atomic mass is 9.61. The number of nitrogens with one attached hydrogen (secondary N) is 1. The third kappa shape index (κ3) is 2.99. The molecule has 1 saturated carbocycles. The van der Waals surface area contributed by atoms with Gasteiger partial charge in [0.2, 0.25) is 5.91 Å². The summed E-state index contributed by atoms with van der Waals surface area (Å²) in [6.45, 7) is 6.43. The summed E-state index contributed by atoms with van der Waals surface area (Å²) >= 11 is 5.85. The Labute approximate surface area is 125 Å². The SMILES string of the molecule is CC1C(N)CCC(C(=O)Nc2ccc(Cl)cc2)C1(C)C. The van der Waals surface area contributed by atoms with Crippen molar-refractivity contribution in [1.29, 1.82) is 0 Å². The smallest absolute Gasteiger partial charge is 0.228 e. The number of amides is 1. The van der Waals surface area contributed by atoms with Gasteiger partial charge in [0.25, 0.3) is 0 Å². The van der Waals surface area contributed by atoms with E-state index >= 15 is 0 Å². The number of carbonyl (C=O) groups is 1. The van der Waals surface area contributed by atoms with Crippen molar-refractivity contribution in [2.75, 3.05) is 5.32 Å². The molecule has 4 heteroatoms. The zero-order chi connectivity index (χ0) is 14.9. The van der Waals surface area contributed by atoms with Crippen molar-refractivity contribution >= 4 is 23.2 Å². The predicted molar refractivity (Wildman–Crippen MR) is 83.7 cm³/mol. The van der Waals surface area contributed by atoms with Crippen LogP contribution in [0.15, 0.2) is 24.3 Å². The lowest BCUT2D eigenvalue weighted by Crippen LogP contribution is -2.50. The second-order valence-corrected chi connectivity index (χ2v) is 6.84. The van der Waals surface area contributed by atoms with Gasteiger partial charge in [-0.15, -0.1) is 0 Å². The minimum absolute atomic E-state index is 0.00650. The van der Waals surface area contributed by atoms with Crippen molar-refractivity contribution in [1.82, 2.24) is 0 Å². The first-order chi connectivity index (χ1) is 9.32. The van der Waals surface area contributed by atoms with Gasteiger partial charge in [0.15, 0.2) is 0 Å². The standard InChI is InChI=1S/C16H23ClN2O/c1-10-14(18)9-8-13(16(10,2)3)15(20)19-12-6-4-11(17)5-7-12/h4-7,10,13-14H,8-9,18H2,1-3H3,(H,19,20). The summed E-state index contributed by atoms with van der Waals surface area (Å²) in [7, 11) is 0. The van der Waals surface area contributed by atoms with Gasteiger partial charge in [-0.05, 0) is 48.4 Å². The van der Waals surface area contributed by atoms with E-state index in [9.17, 15) is 4.79 Å². The lowest BCUT2D eigenvalue weighted by Gasteiger charge is -2.46. The summed E-state index contributed by atoms with van der Waals surface area (Å²) in [5.74, 6) is 0.404. The van der Waals surface area contributed by atoms with E-state index in [4.69, 9.17) is 17.3 Å². The second-order valence-electron chi connectivity index (χ2n) is 6.40. The van der Waals surface area contributed by atoms with Crippen LogP contribution in [0.3, 0.4) is 0 Å². The molecule has 0 aromatic heterocycles. The Balaban J connectivity index is 2.10. The number of hydrogen-bond acceptors (Lipinski definition) is 2. The number of hydrogen-bond donors (Lipinski definition) is 2. The number of benzene rings is 1. The van der Waals surface area contributed by atoms with Crippen LogP contribution in [0, 0.1) is 17.3 Å². The zero-order valence-electron chi connectivity index (χ0n) is 12.3. The summed E-state index contributed by atoms with van der Waals surface area (Å²) in [6, 6.07) is 7.39. The van der Waals surface area contributed by atoms with Crippen LogP contribution in [0.4, 0.5) is 5.69 Å². The molecular weight excluding hydrogens is 272 g/mol. The van der Waals surface area contributed by atoms with Crippen molar-refractivity contribution in [3.05, 3.63) is 29.3 Å². The largest absolute Gasteiger partial charge is 0.327 e. The number of anilines is 1. The molecule has 3 unspecified atom stereocenters. The quantitative estimate of drug-likeness (QED) is 0.874. The van der Waals surface area contributed by atoms with E-state index in [0.717, 1.165) is 18.5 Å². The van der Waals surface area contributed by atoms with Crippen molar-refractivity contribution in [3.63, 3.8) is 0 Å². The molecule has 1 amide bonds. The molecule has 0 heterocycles. The van der Waals surface area contributed by atoms with Crippen LogP contribution in [0.25, 0.3) is 0 Å². The third-order valence-electron chi connectivity index (χ3n) is 4.93. The number of nitrogens with two attached hydrogens (primary N) is 1. The molecule has 0 spiro atoms. The van der Waals surface area contributed by atoms with Gasteiger partial charge in [-0.1, -0.05) is 32.4 Å². The van der Waals surface area contributed by atoms with E-state index in [1.165, 1.54) is 0 Å². The molecule has 0 bridgehead atoms. The second kappa shape index (κ2) is 5.74. The molecule has 1 aromatic rings. The fourth-order valence-electron chi connectivity index (χ4n) is 3.08. The number of rotatable bonds is 2. The van der Waals surface area contributed by atoms with E-state index in [2.05, 4.69) is 26.1 Å². The topological polar surface area (TPSA) is 55.1 Å². The highest BCUT2D eigenvalue weighted by Crippen LogP contribution is 2.44. The monoisotopic (exact) mass is 294 g/mol. The molecule has 3 atom stereocenters. The zero-order valence-corrected chi connectivity index (χ0v) is 13.1. The first-order valence-corrected chi connectivity index (χ1v) is 7.52. The highest BCUT2D eigenvalue weighted by molar-refractivity contribution is 6.30. The molecule has 1 aliphatic carbocycles. The Morgan fingerprint density at radius 3 is 2.50 bits per heavy atom. The fourth-order valence-corrected chi connectivity index (χ4v) is 3.21. The molecule has 1 aromatic carbocycles. The summed E-state index contributed by atoms with van der Waals surface area (Å²) in [5, 5.41) is 3.66. The maximum absolute atomic E-state index is 12.5. The van der Waals surface area contributed by atoms with Crippen LogP contribution in [-0.4, -0.2) is 11.9 Å². The normalized spacial score (nSPS) is 28.9. The van der Waals surface area contributed by atoms with E-state index in [1.54, 1.807) is 12.1 Å². The Hall–Kier alpha value is -1.06. The average molecular weight is 295 g/mol. The van der Waals surface area contributed by atoms with E-state index in [-0.39, 0.29) is 23.3 Å². The summed E-state index contributed by atoms with van der Waals surface area (Å²) in [6.07, 6.45) is 1.75. The molecule has 0 saturated heterocycles. The predicted octanol–water partition coefficient (Wildman–Crippen LogP) is 3.68. The Kier molecular flexibility index (Phi) is 4.40. The average Bonchev–Trinajstić information content (AvgIpc) is 2.38. The van der Waals surface area contributed by atoms with Gasteiger partial charge in [-0.25, -0.2) is 0 Å². The van der Waals surface area contributed by atoms with Crippen LogP contribution in [0.1, 0.15) is 33.6 Å². The van der Waals surface area contributed by atoms with Crippen LogP contribution in [-0.2, 0) is 4.79 Å². The molecule has 0 radical (unpaired) electrons. The maximum Gasteiger partial charge on any atom is 0.228 e. The highest BCUT2D eigenvalue weighted by atomic mass is 35.5. The highest BCUT2D eigenvalue weighted by Gasteiger charge is 2.44. The third-order valence-corrected chi connectivity index (χ3v) is 5.18. The summed E-state index contributed by atoms with van der Waals surface area (Å²) in [5.41, 5.74) is 6.84. The first-order valence-electron chi connectivity index (χ1n) is 7.14. The minimum atomic E-state index is -0.0891. The molecule has 1 fully saturated rings. The van der Waals surface area contributed by atoms with Gasteiger partial charge in [0, 0.05) is 22.7 Å². The molecular formula is C16H23ClN2O. The Bertz CT molecular complexity index is 484. The van der Waals surface area contributed by atoms with Crippen molar-refractivity contribution in [3.8, 4) is 0 Å². The van der Waals surface area contributed by atoms with E-state index < -0.39 is 0 Å². The van der Waals surface area contributed by atoms with Crippen LogP contribution < -0.4 is 11.1 Å². The van der Waals surface area contributed by atoms with Gasteiger partial charge in [-0.2, -0.15) is 0 Å². The molecule has 1 aliphatic rings.